The normalized spacial score (nSPS) is 21.1. The third-order valence-corrected chi connectivity index (χ3v) is 6.23. The first-order valence-electron chi connectivity index (χ1n) is 8.09. The zero-order valence-corrected chi connectivity index (χ0v) is 14.5. The second kappa shape index (κ2) is 7.77. The van der Waals surface area contributed by atoms with Crippen molar-refractivity contribution in [3.63, 3.8) is 0 Å². The van der Waals surface area contributed by atoms with E-state index in [1.807, 2.05) is 0 Å². The van der Waals surface area contributed by atoms with E-state index in [9.17, 15) is 13.2 Å². The van der Waals surface area contributed by atoms with Crippen LogP contribution in [0.2, 0.25) is 0 Å². The van der Waals surface area contributed by atoms with Gasteiger partial charge in [-0.05, 0) is 43.2 Å². The van der Waals surface area contributed by atoms with Crippen LogP contribution in [0.15, 0.2) is 41.3 Å². The Hall–Kier alpha value is -1.62. The molecule has 5 heteroatoms. The van der Waals surface area contributed by atoms with Crippen LogP contribution < -0.4 is 0 Å². The van der Waals surface area contributed by atoms with Gasteiger partial charge in [0.1, 0.15) is 0 Å². The molecule has 23 heavy (non-hydrogen) atoms. The number of carbonyl (C=O) groups is 1. The second-order valence-corrected chi connectivity index (χ2v) is 8.17. The highest BCUT2D eigenvalue weighted by Gasteiger charge is 2.24. The molecule has 0 bridgehead atoms. The van der Waals surface area contributed by atoms with Crippen LogP contribution in [0.1, 0.15) is 43.5 Å². The van der Waals surface area contributed by atoms with Crippen LogP contribution in [0.4, 0.5) is 0 Å². The average molecular weight is 336 g/mol. The molecule has 0 heterocycles. The molecule has 0 amide bonds. The van der Waals surface area contributed by atoms with E-state index in [1.165, 1.54) is 12.1 Å². The molecule has 0 saturated heterocycles. The Morgan fingerprint density at radius 2 is 1.91 bits per heavy atom. The number of esters is 1. The first-order valence-corrected chi connectivity index (χ1v) is 9.75. The molecule has 0 radical (unpaired) electrons. The van der Waals surface area contributed by atoms with Crippen molar-refractivity contribution in [1.82, 2.24) is 0 Å². The summed E-state index contributed by atoms with van der Waals surface area (Å²) in [6, 6.07) is 6.30. The number of rotatable bonds is 6. The predicted octanol–water partition coefficient (Wildman–Crippen LogP) is 3.63. The summed E-state index contributed by atoms with van der Waals surface area (Å²) in [5, 5.41) is 0. The van der Waals surface area contributed by atoms with Crippen molar-refractivity contribution in [2.45, 2.75) is 38.0 Å². The molecule has 1 aromatic carbocycles. The van der Waals surface area contributed by atoms with Crippen molar-refractivity contribution < 1.29 is 17.9 Å². The SMILES string of the molecule is CCCS(=O)(=O)c1ccccc1C(=O)OCC1CC=CCC1C. The van der Waals surface area contributed by atoms with Gasteiger partial charge < -0.3 is 4.74 Å². The molecule has 2 atom stereocenters. The molecule has 0 aliphatic heterocycles. The fourth-order valence-corrected chi connectivity index (χ4v) is 4.31. The minimum Gasteiger partial charge on any atom is -0.462 e. The summed E-state index contributed by atoms with van der Waals surface area (Å²) >= 11 is 0. The van der Waals surface area contributed by atoms with E-state index in [0.717, 1.165) is 12.8 Å². The van der Waals surface area contributed by atoms with Gasteiger partial charge in [0, 0.05) is 0 Å². The number of carbonyl (C=O) groups excluding carboxylic acids is 1. The molecule has 0 spiro atoms. The van der Waals surface area contributed by atoms with Crippen molar-refractivity contribution in [3.8, 4) is 0 Å². The van der Waals surface area contributed by atoms with Crippen LogP contribution in [0.25, 0.3) is 0 Å². The van der Waals surface area contributed by atoms with E-state index >= 15 is 0 Å². The predicted molar refractivity (Wildman–Crippen MR) is 90.1 cm³/mol. The van der Waals surface area contributed by atoms with Gasteiger partial charge in [0.2, 0.25) is 0 Å². The smallest absolute Gasteiger partial charge is 0.339 e. The van der Waals surface area contributed by atoms with Gasteiger partial charge in [0.15, 0.2) is 9.84 Å². The number of benzene rings is 1. The maximum atomic E-state index is 12.4. The van der Waals surface area contributed by atoms with Gasteiger partial charge in [-0.25, -0.2) is 13.2 Å². The summed E-state index contributed by atoms with van der Waals surface area (Å²) in [6.07, 6.45) is 6.65. The van der Waals surface area contributed by atoms with E-state index in [2.05, 4.69) is 19.1 Å². The minimum absolute atomic E-state index is 0.0295. The monoisotopic (exact) mass is 336 g/mol. The molecule has 1 aliphatic rings. The molecule has 4 nitrogen and oxygen atoms in total. The van der Waals surface area contributed by atoms with Gasteiger partial charge in [-0.1, -0.05) is 38.1 Å². The second-order valence-electron chi connectivity index (χ2n) is 6.09. The van der Waals surface area contributed by atoms with Gasteiger partial charge in [-0.3, -0.25) is 0 Å². The van der Waals surface area contributed by atoms with Crippen molar-refractivity contribution in [2.24, 2.45) is 11.8 Å². The van der Waals surface area contributed by atoms with Crippen LogP contribution in [0, 0.1) is 11.8 Å². The van der Waals surface area contributed by atoms with E-state index in [1.54, 1.807) is 19.1 Å². The molecule has 0 saturated carbocycles. The lowest BCUT2D eigenvalue weighted by molar-refractivity contribution is 0.0391. The number of hydrogen-bond acceptors (Lipinski definition) is 4. The molecule has 1 aromatic rings. The fraction of sp³-hybridized carbons (Fsp3) is 0.500. The summed E-state index contributed by atoms with van der Waals surface area (Å²) < 4.78 is 30.0. The topological polar surface area (TPSA) is 60.4 Å². The number of ether oxygens (including phenoxy) is 1. The van der Waals surface area contributed by atoms with Gasteiger partial charge in [0.05, 0.1) is 22.8 Å². The van der Waals surface area contributed by atoms with Crippen LogP contribution in [-0.2, 0) is 14.6 Å². The van der Waals surface area contributed by atoms with Crippen LogP contribution in [0.5, 0.6) is 0 Å². The van der Waals surface area contributed by atoms with Gasteiger partial charge >= 0.3 is 5.97 Å². The number of allylic oxidation sites excluding steroid dienone is 2. The Balaban J connectivity index is 2.12. The Labute approximate surface area is 138 Å². The molecule has 126 valence electrons. The molecule has 1 aliphatic carbocycles. The van der Waals surface area contributed by atoms with Crippen molar-refractivity contribution in [1.29, 1.82) is 0 Å². The number of hydrogen-bond donors (Lipinski definition) is 0. The van der Waals surface area contributed by atoms with Crippen molar-refractivity contribution >= 4 is 15.8 Å². The zero-order valence-electron chi connectivity index (χ0n) is 13.7. The largest absolute Gasteiger partial charge is 0.462 e. The highest BCUT2D eigenvalue weighted by Crippen LogP contribution is 2.26. The lowest BCUT2D eigenvalue weighted by Crippen LogP contribution is -2.22. The molecule has 0 N–H and O–H groups in total. The van der Waals surface area contributed by atoms with E-state index in [0.29, 0.717) is 24.9 Å². The quantitative estimate of drug-likeness (QED) is 0.588. The third kappa shape index (κ3) is 4.44. The first-order chi connectivity index (χ1) is 11.0. The van der Waals surface area contributed by atoms with Crippen molar-refractivity contribution in [3.05, 3.63) is 42.0 Å². The molecular weight excluding hydrogens is 312 g/mol. The highest BCUT2D eigenvalue weighted by atomic mass is 32.2. The fourth-order valence-electron chi connectivity index (χ4n) is 2.78. The van der Waals surface area contributed by atoms with Gasteiger partial charge in [-0.2, -0.15) is 0 Å². The molecule has 2 rings (SSSR count). The summed E-state index contributed by atoms with van der Waals surface area (Å²) in [5.74, 6) is 0.235. The van der Waals surface area contributed by atoms with Gasteiger partial charge in [0.25, 0.3) is 0 Å². The number of sulfone groups is 1. The highest BCUT2D eigenvalue weighted by molar-refractivity contribution is 7.91. The lowest BCUT2D eigenvalue weighted by Gasteiger charge is -2.24. The maximum Gasteiger partial charge on any atom is 0.339 e. The minimum atomic E-state index is -3.45. The Morgan fingerprint density at radius 1 is 1.22 bits per heavy atom. The Kier molecular flexibility index (Phi) is 5.99. The van der Waals surface area contributed by atoms with Crippen LogP contribution >= 0.6 is 0 Å². The van der Waals surface area contributed by atoms with Crippen LogP contribution in [-0.4, -0.2) is 26.7 Å². The summed E-state index contributed by atoms with van der Waals surface area (Å²) in [4.78, 5) is 12.4. The lowest BCUT2D eigenvalue weighted by atomic mass is 9.85. The Morgan fingerprint density at radius 3 is 2.61 bits per heavy atom. The molecule has 0 fully saturated rings. The van der Waals surface area contributed by atoms with Gasteiger partial charge in [-0.15, -0.1) is 0 Å². The summed E-state index contributed by atoms with van der Waals surface area (Å²) in [5.41, 5.74) is 0.139. The van der Waals surface area contributed by atoms with E-state index in [-0.39, 0.29) is 16.2 Å². The zero-order chi connectivity index (χ0) is 16.9. The molecule has 2 unspecified atom stereocenters. The Bertz CT molecular complexity index is 676. The van der Waals surface area contributed by atoms with E-state index < -0.39 is 15.8 Å². The summed E-state index contributed by atoms with van der Waals surface area (Å²) in [7, 11) is -3.45. The summed E-state index contributed by atoms with van der Waals surface area (Å²) in [6.45, 7) is 4.27. The maximum absolute atomic E-state index is 12.4. The van der Waals surface area contributed by atoms with Crippen molar-refractivity contribution in [2.75, 3.05) is 12.4 Å². The molecule has 0 aromatic heterocycles. The standard InChI is InChI=1S/C18H24O4S/c1-3-12-23(20,21)17-11-7-6-10-16(17)18(19)22-13-15-9-5-4-8-14(15)2/h4-7,10-11,14-15H,3,8-9,12-13H2,1-2H3. The van der Waals surface area contributed by atoms with Crippen LogP contribution in [0.3, 0.4) is 0 Å². The third-order valence-electron chi connectivity index (χ3n) is 4.26. The first kappa shape index (κ1) is 17.7. The average Bonchev–Trinajstić information content (AvgIpc) is 2.54. The molecular formula is C18H24O4S. The van der Waals surface area contributed by atoms with E-state index in [4.69, 9.17) is 4.74 Å².